The predicted octanol–water partition coefficient (Wildman–Crippen LogP) is 2.26. The second-order valence-corrected chi connectivity index (χ2v) is 6.52. The lowest BCUT2D eigenvalue weighted by Crippen LogP contribution is -2.37. The number of nitrogens with one attached hydrogen (secondary N) is 1. The molecule has 2 aromatic rings. The van der Waals surface area contributed by atoms with Crippen LogP contribution < -0.4 is 10.2 Å². The van der Waals surface area contributed by atoms with E-state index >= 15 is 0 Å². The number of hydrogen-bond donors (Lipinski definition) is 1. The van der Waals surface area contributed by atoms with E-state index in [1.165, 1.54) is 5.56 Å². The fourth-order valence-electron chi connectivity index (χ4n) is 2.99. The van der Waals surface area contributed by atoms with Gasteiger partial charge in [0.2, 0.25) is 11.9 Å². The number of hydrogen-bond acceptors (Lipinski definition) is 5. The van der Waals surface area contributed by atoms with Crippen LogP contribution >= 0.6 is 0 Å². The molecule has 0 spiro atoms. The van der Waals surface area contributed by atoms with Crippen molar-refractivity contribution >= 4 is 11.9 Å². The van der Waals surface area contributed by atoms with Gasteiger partial charge in [-0.15, -0.1) is 0 Å². The molecule has 1 amide bonds. The number of aryl methyl sites for hydroxylation is 2. The van der Waals surface area contributed by atoms with Crippen LogP contribution in [-0.2, 0) is 22.5 Å². The monoisotopic (exact) mass is 354 g/mol. The van der Waals surface area contributed by atoms with Gasteiger partial charge < -0.3 is 15.0 Å². The topological polar surface area (TPSA) is 67.4 Å². The molecule has 0 radical (unpaired) electrons. The van der Waals surface area contributed by atoms with E-state index in [4.69, 9.17) is 4.74 Å². The van der Waals surface area contributed by atoms with Gasteiger partial charge in [0, 0.05) is 25.2 Å². The number of anilines is 1. The molecule has 138 valence electrons. The van der Waals surface area contributed by atoms with E-state index in [0.717, 1.165) is 43.3 Å². The summed E-state index contributed by atoms with van der Waals surface area (Å²) in [4.78, 5) is 23.3. The molecule has 1 fully saturated rings. The van der Waals surface area contributed by atoms with E-state index in [1.54, 1.807) is 0 Å². The summed E-state index contributed by atoms with van der Waals surface area (Å²) in [6, 6.07) is 12.2. The standard InChI is InChI=1S/C20H26N4O2/c1-16-14-18(23-20(22-16)24-10-12-26-13-11-24)15-21-19(25)9-5-8-17-6-3-2-4-7-17/h2-4,6-7,14H,5,8-13,15H2,1H3,(H,21,25). The third kappa shape index (κ3) is 5.52. The van der Waals surface area contributed by atoms with Gasteiger partial charge >= 0.3 is 0 Å². The third-order valence-electron chi connectivity index (χ3n) is 4.37. The van der Waals surface area contributed by atoms with Gasteiger partial charge in [0.15, 0.2) is 0 Å². The Labute approximate surface area is 154 Å². The maximum absolute atomic E-state index is 12.1. The highest BCUT2D eigenvalue weighted by Gasteiger charge is 2.15. The molecule has 6 heteroatoms. The lowest BCUT2D eigenvalue weighted by Gasteiger charge is -2.27. The summed E-state index contributed by atoms with van der Waals surface area (Å²) in [5.41, 5.74) is 3.02. The predicted molar refractivity (Wildman–Crippen MR) is 101 cm³/mol. The first kappa shape index (κ1) is 18.3. The molecule has 1 N–H and O–H groups in total. The van der Waals surface area contributed by atoms with Crippen molar-refractivity contribution < 1.29 is 9.53 Å². The summed E-state index contributed by atoms with van der Waals surface area (Å²) >= 11 is 0. The Morgan fingerprint density at radius 1 is 1.19 bits per heavy atom. The lowest BCUT2D eigenvalue weighted by molar-refractivity contribution is -0.121. The Bertz CT molecular complexity index is 715. The van der Waals surface area contributed by atoms with Crippen molar-refractivity contribution in [3.63, 3.8) is 0 Å². The van der Waals surface area contributed by atoms with Gasteiger partial charge in [-0.2, -0.15) is 0 Å². The van der Waals surface area contributed by atoms with Gasteiger partial charge in [-0.25, -0.2) is 9.97 Å². The number of carbonyl (C=O) groups excluding carboxylic acids is 1. The second kappa shape index (κ2) is 9.29. The van der Waals surface area contributed by atoms with Gasteiger partial charge in [0.05, 0.1) is 25.5 Å². The molecule has 0 unspecified atom stereocenters. The summed E-state index contributed by atoms with van der Waals surface area (Å²) in [7, 11) is 0. The van der Waals surface area contributed by atoms with Gasteiger partial charge in [-0.1, -0.05) is 30.3 Å². The van der Waals surface area contributed by atoms with E-state index < -0.39 is 0 Å². The van der Waals surface area contributed by atoms with Crippen molar-refractivity contribution in [3.05, 3.63) is 53.3 Å². The molecule has 0 bridgehead atoms. The molecule has 3 rings (SSSR count). The minimum atomic E-state index is 0.0603. The highest BCUT2D eigenvalue weighted by atomic mass is 16.5. The number of carbonyl (C=O) groups is 1. The van der Waals surface area contributed by atoms with Crippen molar-refractivity contribution in [2.45, 2.75) is 32.7 Å². The van der Waals surface area contributed by atoms with Crippen molar-refractivity contribution in [3.8, 4) is 0 Å². The number of rotatable bonds is 7. The zero-order valence-electron chi connectivity index (χ0n) is 15.3. The molecule has 1 aromatic heterocycles. The molecule has 0 atom stereocenters. The van der Waals surface area contributed by atoms with Gasteiger partial charge in [-0.05, 0) is 31.4 Å². The number of ether oxygens (including phenoxy) is 1. The molecule has 1 aliphatic rings. The lowest BCUT2D eigenvalue weighted by atomic mass is 10.1. The number of amides is 1. The quantitative estimate of drug-likeness (QED) is 0.826. The maximum Gasteiger partial charge on any atom is 0.225 e. The molecule has 26 heavy (non-hydrogen) atoms. The number of nitrogens with zero attached hydrogens (tertiary/aromatic N) is 3. The molecule has 0 aliphatic carbocycles. The first-order valence-electron chi connectivity index (χ1n) is 9.18. The normalized spacial score (nSPS) is 14.3. The molecule has 0 saturated carbocycles. The van der Waals surface area contributed by atoms with Gasteiger partial charge in [-0.3, -0.25) is 4.79 Å². The first-order chi connectivity index (χ1) is 12.7. The van der Waals surface area contributed by atoms with Crippen molar-refractivity contribution in [2.75, 3.05) is 31.2 Å². The average Bonchev–Trinajstić information content (AvgIpc) is 2.67. The summed E-state index contributed by atoms with van der Waals surface area (Å²) in [6.45, 7) is 5.39. The van der Waals surface area contributed by atoms with E-state index in [9.17, 15) is 4.79 Å². The zero-order valence-corrected chi connectivity index (χ0v) is 15.3. The van der Waals surface area contributed by atoms with Crippen LogP contribution in [0.2, 0.25) is 0 Å². The van der Waals surface area contributed by atoms with Gasteiger partial charge in [0.25, 0.3) is 0 Å². The minimum Gasteiger partial charge on any atom is -0.378 e. The molecular weight excluding hydrogens is 328 g/mol. The highest BCUT2D eigenvalue weighted by molar-refractivity contribution is 5.75. The fourth-order valence-corrected chi connectivity index (χ4v) is 2.99. The van der Waals surface area contributed by atoms with Crippen LogP contribution in [-0.4, -0.2) is 42.2 Å². The largest absolute Gasteiger partial charge is 0.378 e. The fraction of sp³-hybridized carbons (Fsp3) is 0.450. The Morgan fingerprint density at radius 3 is 2.73 bits per heavy atom. The molecule has 1 saturated heterocycles. The summed E-state index contributed by atoms with van der Waals surface area (Å²) in [5.74, 6) is 0.784. The van der Waals surface area contributed by atoms with Crippen molar-refractivity contribution in [1.29, 1.82) is 0 Å². The van der Waals surface area contributed by atoms with Crippen LogP contribution in [0.3, 0.4) is 0 Å². The van der Waals surface area contributed by atoms with Crippen molar-refractivity contribution in [2.24, 2.45) is 0 Å². The van der Waals surface area contributed by atoms with Crippen LogP contribution in [0.25, 0.3) is 0 Å². The van der Waals surface area contributed by atoms with Crippen LogP contribution in [0, 0.1) is 6.92 Å². The summed E-state index contributed by atoms with van der Waals surface area (Å²) in [6.07, 6.45) is 2.29. The molecule has 1 aliphatic heterocycles. The first-order valence-corrected chi connectivity index (χ1v) is 9.18. The molecular formula is C20H26N4O2. The third-order valence-corrected chi connectivity index (χ3v) is 4.37. The Kier molecular flexibility index (Phi) is 6.55. The van der Waals surface area contributed by atoms with E-state index in [0.29, 0.717) is 26.2 Å². The Balaban J connectivity index is 1.47. The minimum absolute atomic E-state index is 0.0603. The van der Waals surface area contributed by atoms with Gasteiger partial charge in [0.1, 0.15) is 0 Å². The van der Waals surface area contributed by atoms with E-state index in [-0.39, 0.29) is 5.91 Å². The van der Waals surface area contributed by atoms with Crippen molar-refractivity contribution in [1.82, 2.24) is 15.3 Å². The number of morpholine rings is 1. The SMILES string of the molecule is Cc1cc(CNC(=O)CCCc2ccccc2)nc(N2CCOCC2)n1. The Morgan fingerprint density at radius 2 is 1.96 bits per heavy atom. The summed E-state index contributed by atoms with van der Waals surface area (Å²) < 4.78 is 5.38. The van der Waals surface area contributed by atoms with Crippen LogP contribution in [0.5, 0.6) is 0 Å². The van der Waals surface area contributed by atoms with E-state index in [2.05, 4.69) is 32.3 Å². The summed E-state index contributed by atoms with van der Waals surface area (Å²) in [5, 5.41) is 2.97. The second-order valence-electron chi connectivity index (χ2n) is 6.52. The number of benzene rings is 1. The maximum atomic E-state index is 12.1. The van der Waals surface area contributed by atoms with Crippen LogP contribution in [0.4, 0.5) is 5.95 Å². The molecule has 1 aromatic carbocycles. The van der Waals surface area contributed by atoms with Crippen LogP contribution in [0.1, 0.15) is 29.8 Å². The zero-order chi connectivity index (χ0) is 18.2. The molecule has 2 heterocycles. The van der Waals surface area contributed by atoms with E-state index in [1.807, 2.05) is 31.2 Å². The van der Waals surface area contributed by atoms with Crippen LogP contribution in [0.15, 0.2) is 36.4 Å². The average molecular weight is 354 g/mol. The molecule has 6 nitrogen and oxygen atoms in total. The Hall–Kier alpha value is -2.47. The smallest absolute Gasteiger partial charge is 0.225 e. The number of aromatic nitrogens is 2. The highest BCUT2D eigenvalue weighted by Crippen LogP contribution is 2.12.